The van der Waals surface area contributed by atoms with Gasteiger partial charge >= 0.3 is 0 Å². The van der Waals surface area contributed by atoms with Crippen LogP contribution in [0.3, 0.4) is 0 Å². The zero-order chi connectivity index (χ0) is 13.4. The van der Waals surface area contributed by atoms with Gasteiger partial charge in [0.2, 0.25) is 0 Å². The Bertz CT molecular complexity index is 583. The number of ether oxygens (including phenoxy) is 1. The minimum absolute atomic E-state index is 0.166. The topological polar surface area (TPSA) is 83.1 Å². The van der Waals surface area contributed by atoms with E-state index in [1.807, 2.05) is 13.0 Å². The molecule has 1 aliphatic heterocycles. The Balaban J connectivity index is 1.98. The molecule has 102 valence electrons. The third-order valence-corrected chi connectivity index (χ3v) is 3.22. The van der Waals surface area contributed by atoms with Gasteiger partial charge in [0.1, 0.15) is 5.82 Å². The van der Waals surface area contributed by atoms with Crippen molar-refractivity contribution in [1.29, 1.82) is 0 Å². The second-order valence-corrected chi connectivity index (χ2v) is 4.65. The lowest BCUT2D eigenvalue weighted by Gasteiger charge is -2.32. The lowest BCUT2D eigenvalue weighted by atomic mass is 10.3. The van der Waals surface area contributed by atoms with Crippen molar-refractivity contribution in [2.24, 2.45) is 0 Å². The summed E-state index contributed by atoms with van der Waals surface area (Å²) in [5.74, 6) is 0.796. The van der Waals surface area contributed by atoms with E-state index in [9.17, 15) is 10.2 Å². The van der Waals surface area contributed by atoms with E-state index in [1.54, 1.807) is 6.20 Å². The molecule has 2 aromatic rings. The zero-order valence-electron chi connectivity index (χ0n) is 10.6. The molecule has 0 aliphatic carbocycles. The van der Waals surface area contributed by atoms with Crippen LogP contribution in [-0.2, 0) is 4.74 Å². The maximum absolute atomic E-state index is 9.28. The Kier molecular flexibility index (Phi) is 3.09. The molecule has 0 unspecified atom stereocenters. The van der Waals surface area contributed by atoms with Crippen LogP contribution in [0, 0.1) is 0 Å². The van der Waals surface area contributed by atoms with Crippen LogP contribution in [0.15, 0.2) is 18.5 Å². The number of rotatable bonds is 2. The van der Waals surface area contributed by atoms with Gasteiger partial charge in [0, 0.05) is 19.3 Å². The highest BCUT2D eigenvalue weighted by Crippen LogP contribution is 2.20. The van der Waals surface area contributed by atoms with Crippen molar-refractivity contribution in [2.75, 3.05) is 24.6 Å². The largest absolute Gasteiger partial charge is 0.375 e. The Morgan fingerprint density at radius 1 is 1.47 bits per heavy atom. The molecule has 0 aromatic carbocycles. The number of aliphatic hydroxyl groups excluding tert-OH is 1. The molecule has 1 fully saturated rings. The first-order valence-electron chi connectivity index (χ1n) is 6.22. The molecule has 7 nitrogen and oxygen atoms in total. The van der Waals surface area contributed by atoms with E-state index in [2.05, 4.69) is 15.0 Å². The lowest BCUT2D eigenvalue weighted by Crippen LogP contribution is -2.41. The third-order valence-electron chi connectivity index (χ3n) is 3.22. The zero-order valence-corrected chi connectivity index (χ0v) is 10.6. The molecule has 2 aromatic heterocycles. The van der Waals surface area contributed by atoms with E-state index in [-0.39, 0.29) is 6.10 Å². The Hall–Kier alpha value is -1.70. The highest BCUT2D eigenvalue weighted by atomic mass is 16.5. The molecule has 3 rings (SSSR count). The predicted octanol–water partition coefficient (Wildman–Crippen LogP) is -0.0624. The normalized spacial score (nSPS) is 20.4. The second kappa shape index (κ2) is 4.76. The van der Waals surface area contributed by atoms with Gasteiger partial charge in [0.25, 0.3) is 0 Å². The summed E-state index contributed by atoms with van der Waals surface area (Å²) in [6.07, 6.45) is 1.78. The summed E-state index contributed by atoms with van der Waals surface area (Å²) in [5, 5.41) is 22.6. The molecule has 0 amide bonds. The first-order valence-corrected chi connectivity index (χ1v) is 6.22. The summed E-state index contributed by atoms with van der Waals surface area (Å²) >= 11 is 0. The monoisotopic (exact) mass is 264 g/mol. The summed E-state index contributed by atoms with van der Waals surface area (Å²) < 4.78 is 7.03. The van der Waals surface area contributed by atoms with Gasteiger partial charge in [-0.3, -0.25) is 0 Å². The SMILES string of the molecule is C[C@@H]1CN(c2ccn3ncc(C(O)O)c3n2)CCO1. The van der Waals surface area contributed by atoms with E-state index < -0.39 is 6.29 Å². The minimum atomic E-state index is -1.57. The molecule has 1 aliphatic rings. The molecule has 0 saturated carbocycles. The number of hydrogen-bond acceptors (Lipinski definition) is 6. The number of aromatic nitrogens is 3. The van der Waals surface area contributed by atoms with Crippen LogP contribution in [0.1, 0.15) is 18.8 Å². The molecule has 0 spiro atoms. The number of morpholine rings is 1. The molecule has 19 heavy (non-hydrogen) atoms. The van der Waals surface area contributed by atoms with E-state index in [4.69, 9.17) is 4.74 Å². The summed E-state index contributed by atoms with van der Waals surface area (Å²) in [4.78, 5) is 6.59. The van der Waals surface area contributed by atoms with Crippen LogP contribution in [0.2, 0.25) is 0 Å². The van der Waals surface area contributed by atoms with Gasteiger partial charge in [0.15, 0.2) is 11.9 Å². The van der Waals surface area contributed by atoms with Crippen LogP contribution in [0.25, 0.3) is 5.65 Å². The molecule has 2 N–H and O–H groups in total. The maximum atomic E-state index is 9.28. The molecular formula is C12H16N4O3. The van der Waals surface area contributed by atoms with Gasteiger partial charge < -0.3 is 19.8 Å². The van der Waals surface area contributed by atoms with Gasteiger partial charge in [-0.15, -0.1) is 0 Å². The first kappa shape index (κ1) is 12.3. The van der Waals surface area contributed by atoms with Crippen molar-refractivity contribution >= 4 is 11.5 Å². The molecule has 0 bridgehead atoms. The highest BCUT2D eigenvalue weighted by molar-refractivity contribution is 5.53. The number of nitrogens with zero attached hydrogens (tertiary/aromatic N) is 4. The summed E-state index contributed by atoms with van der Waals surface area (Å²) in [7, 11) is 0. The highest BCUT2D eigenvalue weighted by Gasteiger charge is 2.19. The van der Waals surface area contributed by atoms with Gasteiger partial charge in [-0.1, -0.05) is 0 Å². The van der Waals surface area contributed by atoms with Gasteiger partial charge in [-0.25, -0.2) is 9.50 Å². The van der Waals surface area contributed by atoms with Crippen molar-refractivity contribution in [1.82, 2.24) is 14.6 Å². The standard InChI is InChI=1S/C12H16N4O3/c1-8-7-15(4-5-19-8)10-2-3-16-11(14-10)9(6-13-16)12(17)18/h2-3,6,8,12,17-18H,4-5,7H2,1H3/t8-/m1/s1. The van der Waals surface area contributed by atoms with Crippen molar-refractivity contribution in [2.45, 2.75) is 19.3 Å². The third kappa shape index (κ3) is 2.27. The van der Waals surface area contributed by atoms with Crippen LogP contribution in [0.5, 0.6) is 0 Å². The van der Waals surface area contributed by atoms with Crippen LogP contribution in [-0.4, -0.2) is 50.6 Å². The predicted molar refractivity (Wildman–Crippen MR) is 67.8 cm³/mol. The first-order chi connectivity index (χ1) is 9.15. The maximum Gasteiger partial charge on any atom is 0.183 e. The minimum Gasteiger partial charge on any atom is -0.375 e. The Morgan fingerprint density at radius 3 is 3.05 bits per heavy atom. The molecule has 1 saturated heterocycles. The number of fused-ring (bicyclic) bond motifs is 1. The molecule has 7 heteroatoms. The van der Waals surface area contributed by atoms with E-state index in [0.717, 1.165) is 18.9 Å². The summed E-state index contributed by atoms with van der Waals surface area (Å²) in [5.41, 5.74) is 0.773. The van der Waals surface area contributed by atoms with E-state index in [0.29, 0.717) is 17.8 Å². The van der Waals surface area contributed by atoms with Crippen LogP contribution >= 0.6 is 0 Å². The molecular weight excluding hydrogens is 248 g/mol. The van der Waals surface area contributed by atoms with E-state index in [1.165, 1.54) is 10.7 Å². The lowest BCUT2D eigenvalue weighted by molar-refractivity contribution is -0.0414. The fourth-order valence-corrected chi connectivity index (χ4v) is 2.26. The second-order valence-electron chi connectivity index (χ2n) is 4.65. The Morgan fingerprint density at radius 2 is 2.32 bits per heavy atom. The van der Waals surface area contributed by atoms with Crippen molar-refractivity contribution in [3.8, 4) is 0 Å². The van der Waals surface area contributed by atoms with Gasteiger partial charge in [-0.05, 0) is 13.0 Å². The number of aliphatic hydroxyl groups is 2. The van der Waals surface area contributed by atoms with Gasteiger partial charge in [-0.2, -0.15) is 5.10 Å². The molecule has 1 atom stereocenters. The van der Waals surface area contributed by atoms with Gasteiger partial charge in [0.05, 0.1) is 24.5 Å². The fourth-order valence-electron chi connectivity index (χ4n) is 2.26. The van der Waals surface area contributed by atoms with Crippen LogP contribution in [0.4, 0.5) is 5.82 Å². The quantitative estimate of drug-likeness (QED) is 0.739. The van der Waals surface area contributed by atoms with Crippen LogP contribution < -0.4 is 4.90 Å². The average Bonchev–Trinajstić information content (AvgIpc) is 2.81. The average molecular weight is 264 g/mol. The Labute approximate surface area is 110 Å². The number of hydrogen-bond donors (Lipinski definition) is 2. The van der Waals surface area contributed by atoms with Crippen molar-refractivity contribution < 1.29 is 14.9 Å². The number of anilines is 1. The molecule has 3 heterocycles. The van der Waals surface area contributed by atoms with E-state index >= 15 is 0 Å². The fraction of sp³-hybridized carbons (Fsp3) is 0.500. The summed E-state index contributed by atoms with van der Waals surface area (Å²) in [6.45, 7) is 4.24. The van der Waals surface area contributed by atoms with Crippen molar-refractivity contribution in [3.63, 3.8) is 0 Å². The molecule has 0 radical (unpaired) electrons. The smallest absolute Gasteiger partial charge is 0.183 e. The summed E-state index contributed by atoms with van der Waals surface area (Å²) in [6, 6.07) is 1.87. The van der Waals surface area contributed by atoms with Crippen molar-refractivity contribution in [3.05, 3.63) is 24.0 Å².